The number of carboxylic acids is 1. The van der Waals surface area contributed by atoms with Gasteiger partial charge in [-0.25, -0.2) is 18.0 Å². The van der Waals surface area contributed by atoms with Crippen LogP contribution < -0.4 is 0 Å². The van der Waals surface area contributed by atoms with E-state index in [-0.39, 0.29) is 6.42 Å². The van der Waals surface area contributed by atoms with E-state index in [4.69, 9.17) is 5.11 Å². The number of amides is 1. The maximum Gasteiger partial charge on any atom is 0.326 e. The third-order valence-electron chi connectivity index (χ3n) is 3.53. The van der Waals surface area contributed by atoms with Gasteiger partial charge in [0.25, 0.3) is 5.92 Å². The van der Waals surface area contributed by atoms with E-state index in [9.17, 15) is 22.8 Å². The molecule has 3 atom stereocenters. The number of hydrogen-bond acceptors (Lipinski definition) is 2. The van der Waals surface area contributed by atoms with Crippen molar-refractivity contribution in [1.29, 1.82) is 0 Å². The van der Waals surface area contributed by atoms with Crippen LogP contribution in [0.25, 0.3) is 0 Å². The fraction of sp³-hybridized carbons (Fsp3) is 0.800. The Kier molecular flexibility index (Phi) is 2.41. The predicted octanol–water partition coefficient (Wildman–Crippen LogP) is 1.06. The summed E-state index contributed by atoms with van der Waals surface area (Å²) in [5.41, 5.74) is -1.86. The largest absolute Gasteiger partial charge is 0.480 e. The number of likely N-dealkylation sites (tertiary alicyclic amines) is 1. The first-order chi connectivity index (χ1) is 7.69. The molecule has 2 rings (SSSR count). The second kappa shape index (κ2) is 3.36. The van der Waals surface area contributed by atoms with Crippen LogP contribution in [-0.4, -0.2) is 46.6 Å². The van der Waals surface area contributed by atoms with E-state index in [2.05, 4.69) is 0 Å². The molecule has 17 heavy (non-hydrogen) atoms. The number of aliphatic carboxylic acids is 1. The SMILES string of the molecule is CC1(C(=O)N2C[C@H](F)C[C@H]2C(=O)O)CC1(F)F. The van der Waals surface area contributed by atoms with Crippen LogP contribution in [0.2, 0.25) is 0 Å². The molecule has 1 N–H and O–H groups in total. The van der Waals surface area contributed by atoms with Gasteiger partial charge in [-0.3, -0.25) is 4.79 Å². The van der Waals surface area contributed by atoms with Crippen LogP contribution in [0.15, 0.2) is 0 Å². The summed E-state index contributed by atoms with van der Waals surface area (Å²) >= 11 is 0. The van der Waals surface area contributed by atoms with Crippen molar-refractivity contribution in [2.75, 3.05) is 6.54 Å². The van der Waals surface area contributed by atoms with E-state index in [1.165, 1.54) is 0 Å². The van der Waals surface area contributed by atoms with Crippen molar-refractivity contribution in [3.05, 3.63) is 0 Å². The summed E-state index contributed by atoms with van der Waals surface area (Å²) in [5.74, 6) is -5.43. The molecule has 1 saturated heterocycles. The van der Waals surface area contributed by atoms with Gasteiger partial charge in [-0.15, -0.1) is 0 Å². The molecule has 7 heteroatoms. The summed E-state index contributed by atoms with van der Waals surface area (Å²) < 4.78 is 39.1. The molecule has 96 valence electrons. The van der Waals surface area contributed by atoms with E-state index in [0.29, 0.717) is 0 Å². The van der Waals surface area contributed by atoms with Gasteiger partial charge in [0, 0.05) is 12.8 Å². The summed E-state index contributed by atoms with van der Waals surface area (Å²) in [4.78, 5) is 23.4. The van der Waals surface area contributed by atoms with Crippen LogP contribution in [0.1, 0.15) is 19.8 Å². The van der Waals surface area contributed by atoms with Gasteiger partial charge in [0.2, 0.25) is 5.91 Å². The lowest BCUT2D eigenvalue weighted by Gasteiger charge is -2.24. The summed E-state index contributed by atoms with van der Waals surface area (Å²) in [6.07, 6.45) is -2.39. The first kappa shape index (κ1) is 12.2. The zero-order valence-corrected chi connectivity index (χ0v) is 9.12. The predicted molar refractivity (Wildman–Crippen MR) is 50.3 cm³/mol. The van der Waals surface area contributed by atoms with Crippen molar-refractivity contribution in [1.82, 2.24) is 4.90 Å². The fourth-order valence-corrected chi connectivity index (χ4v) is 2.19. The summed E-state index contributed by atoms with van der Waals surface area (Å²) in [5, 5.41) is 8.82. The lowest BCUT2D eigenvalue weighted by Crippen LogP contribution is -2.45. The molecule has 0 spiro atoms. The first-order valence-corrected chi connectivity index (χ1v) is 5.25. The van der Waals surface area contributed by atoms with Crippen LogP contribution >= 0.6 is 0 Å². The Hall–Kier alpha value is -1.27. The molecule has 0 radical (unpaired) electrons. The van der Waals surface area contributed by atoms with Crippen molar-refractivity contribution in [3.63, 3.8) is 0 Å². The number of nitrogens with zero attached hydrogens (tertiary/aromatic N) is 1. The molecule has 1 aliphatic heterocycles. The lowest BCUT2D eigenvalue weighted by molar-refractivity contribution is -0.152. The average Bonchev–Trinajstić information content (AvgIpc) is 2.59. The van der Waals surface area contributed by atoms with Gasteiger partial charge >= 0.3 is 5.97 Å². The molecular formula is C10H12F3NO3. The number of alkyl halides is 3. The van der Waals surface area contributed by atoms with Crippen LogP contribution in [0.5, 0.6) is 0 Å². The molecule has 1 amide bonds. The molecule has 0 bridgehead atoms. The van der Waals surface area contributed by atoms with Crippen molar-refractivity contribution in [2.45, 2.75) is 37.9 Å². The fourth-order valence-electron chi connectivity index (χ4n) is 2.19. The maximum absolute atomic E-state index is 13.1. The highest BCUT2D eigenvalue weighted by atomic mass is 19.3. The van der Waals surface area contributed by atoms with Crippen LogP contribution in [0.4, 0.5) is 13.2 Å². The summed E-state index contributed by atoms with van der Waals surface area (Å²) in [6.45, 7) is 0.668. The van der Waals surface area contributed by atoms with E-state index in [1.807, 2.05) is 0 Å². The molecule has 2 fully saturated rings. The number of halogens is 3. The summed E-state index contributed by atoms with van der Waals surface area (Å²) in [7, 11) is 0. The number of carbonyl (C=O) groups is 2. The Balaban J connectivity index is 2.18. The third kappa shape index (κ3) is 1.68. The van der Waals surface area contributed by atoms with Crippen molar-refractivity contribution in [3.8, 4) is 0 Å². The van der Waals surface area contributed by atoms with Crippen molar-refractivity contribution < 1.29 is 27.9 Å². The number of carboxylic acid groups (broad SMARTS) is 1. The smallest absolute Gasteiger partial charge is 0.326 e. The number of carbonyl (C=O) groups excluding carboxylic acids is 1. The van der Waals surface area contributed by atoms with Gasteiger partial charge in [0.05, 0.1) is 6.54 Å². The summed E-state index contributed by atoms with van der Waals surface area (Å²) in [6, 6.07) is -1.33. The molecule has 0 aromatic carbocycles. The van der Waals surface area contributed by atoms with E-state index in [0.717, 1.165) is 11.8 Å². The Labute approximate surface area is 95.4 Å². The molecule has 1 aliphatic carbocycles. The molecular weight excluding hydrogens is 239 g/mol. The molecule has 4 nitrogen and oxygen atoms in total. The molecule has 2 aliphatic rings. The number of hydrogen-bond donors (Lipinski definition) is 1. The van der Waals surface area contributed by atoms with Gasteiger partial charge in [0.1, 0.15) is 17.6 Å². The lowest BCUT2D eigenvalue weighted by atomic mass is 10.1. The minimum atomic E-state index is -3.11. The van der Waals surface area contributed by atoms with E-state index < -0.39 is 48.4 Å². The number of rotatable bonds is 2. The van der Waals surface area contributed by atoms with Crippen molar-refractivity contribution in [2.24, 2.45) is 5.41 Å². The molecule has 1 unspecified atom stereocenters. The zero-order chi connectivity index (χ0) is 13.0. The van der Waals surface area contributed by atoms with Crippen LogP contribution in [-0.2, 0) is 9.59 Å². The minimum Gasteiger partial charge on any atom is -0.480 e. The Morgan fingerprint density at radius 2 is 1.94 bits per heavy atom. The highest BCUT2D eigenvalue weighted by molar-refractivity contribution is 5.91. The Morgan fingerprint density at radius 1 is 1.41 bits per heavy atom. The monoisotopic (exact) mass is 251 g/mol. The van der Waals surface area contributed by atoms with Gasteiger partial charge in [-0.1, -0.05) is 0 Å². The molecule has 1 heterocycles. The average molecular weight is 251 g/mol. The van der Waals surface area contributed by atoms with Gasteiger partial charge in [-0.05, 0) is 6.92 Å². The minimum absolute atomic E-state index is 0.331. The second-order valence-corrected chi connectivity index (χ2v) is 4.86. The Bertz CT molecular complexity index is 387. The molecule has 1 saturated carbocycles. The van der Waals surface area contributed by atoms with E-state index >= 15 is 0 Å². The first-order valence-electron chi connectivity index (χ1n) is 5.25. The molecule has 0 aromatic heterocycles. The second-order valence-electron chi connectivity index (χ2n) is 4.86. The van der Waals surface area contributed by atoms with Gasteiger partial charge in [0.15, 0.2) is 0 Å². The van der Waals surface area contributed by atoms with Crippen molar-refractivity contribution >= 4 is 11.9 Å². The normalized spacial score (nSPS) is 39.2. The van der Waals surface area contributed by atoms with Gasteiger partial charge in [-0.2, -0.15) is 0 Å². The van der Waals surface area contributed by atoms with Crippen LogP contribution in [0.3, 0.4) is 0 Å². The Morgan fingerprint density at radius 3 is 2.35 bits per heavy atom. The third-order valence-corrected chi connectivity index (χ3v) is 3.53. The quantitative estimate of drug-likeness (QED) is 0.798. The van der Waals surface area contributed by atoms with E-state index in [1.54, 1.807) is 0 Å². The maximum atomic E-state index is 13.1. The molecule has 0 aromatic rings. The van der Waals surface area contributed by atoms with Crippen LogP contribution in [0, 0.1) is 5.41 Å². The van der Waals surface area contributed by atoms with Gasteiger partial charge < -0.3 is 10.0 Å². The highest BCUT2D eigenvalue weighted by Crippen LogP contribution is 2.61. The standard InChI is InChI=1S/C10H12F3NO3/c1-9(4-10(9,12)13)8(17)14-3-5(11)2-6(14)7(15)16/h5-6H,2-4H2,1H3,(H,15,16)/t5-,6+,9?/m1/s1. The topological polar surface area (TPSA) is 57.6 Å². The zero-order valence-electron chi connectivity index (χ0n) is 9.12. The highest BCUT2D eigenvalue weighted by Gasteiger charge is 2.74.